The molecule has 0 aliphatic carbocycles. The van der Waals surface area contributed by atoms with Crippen molar-refractivity contribution in [3.8, 4) is 0 Å². The second-order valence-electron chi connectivity index (χ2n) is 27.7. The summed E-state index contributed by atoms with van der Waals surface area (Å²) < 4.78 is 22.9. The Labute approximate surface area is 547 Å². The van der Waals surface area contributed by atoms with E-state index in [1.807, 2.05) is 21.1 Å². The number of likely N-dealkylation sites (N-methyl/N-ethyl adjacent to an activating group) is 1. The average molecular weight is 1240 g/mol. The zero-order valence-electron chi connectivity index (χ0n) is 59.4. The first-order valence-electron chi connectivity index (χ1n) is 38.6. The molecule has 2 atom stereocenters. The van der Waals surface area contributed by atoms with Crippen molar-refractivity contribution in [2.45, 2.75) is 405 Å². The summed E-state index contributed by atoms with van der Waals surface area (Å²) in [6.07, 6.45) is 86.9. The molecule has 0 amide bonds. The third kappa shape index (κ3) is 71.0. The molecule has 0 aromatic rings. The van der Waals surface area contributed by atoms with Gasteiger partial charge in [0.15, 0.2) is 12.4 Å². The fourth-order valence-corrected chi connectivity index (χ4v) is 11.7. The van der Waals surface area contributed by atoms with Crippen molar-refractivity contribution >= 4 is 17.9 Å². The fraction of sp³-hybridized carbons (Fsp3) is 0.886. The minimum Gasteiger partial charge on any atom is -0.545 e. The molecule has 2 unspecified atom stereocenters. The molecule has 0 aromatic heterocycles. The summed E-state index contributed by atoms with van der Waals surface area (Å²) in [5.41, 5.74) is 0. The SMILES string of the molecule is CCCCCCC/C=C\C/C=C\C/C=C\CCCCCCCCCCCCCCCCCCCCCCCCCCC(=O)OC(COC(=O)CCCCCCCCCCCCCCCCCCCCCCCCCC)COC(OCC[N+](C)(C)C)C(=O)[O-]. The fourth-order valence-electron chi connectivity index (χ4n) is 11.7. The molecular formula is C79H149NO8. The van der Waals surface area contributed by atoms with E-state index in [0.717, 1.165) is 51.4 Å². The Hall–Kier alpha value is -2.49. The van der Waals surface area contributed by atoms with Crippen LogP contribution in [-0.4, -0.2) is 82.3 Å². The molecule has 0 radical (unpaired) electrons. The average Bonchev–Trinajstić information content (AvgIpc) is 3.52. The van der Waals surface area contributed by atoms with E-state index in [1.165, 1.54) is 315 Å². The Kier molecular flexibility index (Phi) is 68.4. The van der Waals surface area contributed by atoms with Gasteiger partial charge in [-0.05, 0) is 51.4 Å². The monoisotopic (exact) mass is 1240 g/mol. The Morgan fingerprint density at radius 2 is 0.614 bits per heavy atom. The lowest BCUT2D eigenvalue weighted by molar-refractivity contribution is -0.870. The predicted molar refractivity (Wildman–Crippen MR) is 376 cm³/mol. The summed E-state index contributed by atoms with van der Waals surface area (Å²) in [7, 11) is 5.95. The third-order valence-corrected chi connectivity index (χ3v) is 17.6. The lowest BCUT2D eigenvalue weighted by Gasteiger charge is -2.26. The van der Waals surface area contributed by atoms with Gasteiger partial charge in [0.05, 0.1) is 40.3 Å². The molecular weight excluding hydrogens is 1090 g/mol. The van der Waals surface area contributed by atoms with E-state index in [1.54, 1.807) is 0 Å². The van der Waals surface area contributed by atoms with E-state index in [2.05, 4.69) is 50.3 Å². The minimum absolute atomic E-state index is 0.152. The summed E-state index contributed by atoms with van der Waals surface area (Å²) in [4.78, 5) is 37.5. The van der Waals surface area contributed by atoms with Gasteiger partial charge in [-0.15, -0.1) is 0 Å². The highest BCUT2D eigenvalue weighted by atomic mass is 16.7. The number of hydrogen-bond acceptors (Lipinski definition) is 8. The van der Waals surface area contributed by atoms with Crippen molar-refractivity contribution in [3.63, 3.8) is 0 Å². The molecule has 0 bridgehead atoms. The number of unbranched alkanes of at least 4 members (excludes halogenated alkanes) is 52. The van der Waals surface area contributed by atoms with Crippen LogP contribution >= 0.6 is 0 Å². The smallest absolute Gasteiger partial charge is 0.306 e. The van der Waals surface area contributed by atoms with Crippen LogP contribution < -0.4 is 5.11 Å². The van der Waals surface area contributed by atoms with Gasteiger partial charge in [-0.25, -0.2) is 0 Å². The van der Waals surface area contributed by atoms with Gasteiger partial charge in [0.1, 0.15) is 13.2 Å². The van der Waals surface area contributed by atoms with Crippen LogP contribution in [0.3, 0.4) is 0 Å². The van der Waals surface area contributed by atoms with Crippen LogP contribution in [0.5, 0.6) is 0 Å². The first-order chi connectivity index (χ1) is 43.1. The summed E-state index contributed by atoms with van der Waals surface area (Å²) in [6.45, 7) is 4.82. The van der Waals surface area contributed by atoms with Gasteiger partial charge < -0.3 is 33.3 Å². The second-order valence-corrected chi connectivity index (χ2v) is 27.7. The van der Waals surface area contributed by atoms with E-state index in [4.69, 9.17) is 18.9 Å². The standard InChI is InChI=1S/C79H149NO8/c1-6-8-10-12-14-16-18-20-22-24-26-28-30-32-33-34-35-36-37-38-39-40-41-42-43-44-45-46-48-50-52-54-56-58-60-62-64-66-68-70-77(82)88-75(74-87-79(78(83)84)85-72-71-80(3,4)5)73-86-76(81)69-67-65-63-61-59-57-55-53-51-49-47-31-29-27-25-23-21-19-17-15-13-11-9-7-2/h18,20,24,26,30,32,75,79H,6-17,19,21-23,25,27-29,31,33-74H2,1-5H3/b20-18-,26-24-,32-30-. The van der Waals surface area contributed by atoms with Crippen LogP contribution in [0.1, 0.15) is 393 Å². The van der Waals surface area contributed by atoms with Gasteiger partial charge in [-0.1, -0.05) is 365 Å². The van der Waals surface area contributed by atoms with E-state index in [-0.39, 0.29) is 32.2 Å². The quantitative estimate of drug-likeness (QED) is 0.0195. The molecule has 518 valence electrons. The minimum atomic E-state index is -1.62. The first kappa shape index (κ1) is 85.5. The zero-order valence-corrected chi connectivity index (χ0v) is 59.4. The van der Waals surface area contributed by atoms with Gasteiger partial charge >= 0.3 is 11.9 Å². The molecule has 0 saturated carbocycles. The Morgan fingerprint density at radius 1 is 0.341 bits per heavy atom. The maximum absolute atomic E-state index is 13.0. The van der Waals surface area contributed by atoms with Crippen LogP contribution in [0.15, 0.2) is 36.5 Å². The zero-order chi connectivity index (χ0) is 64.0. The number of carbonyl (C=O) groups excluding carboxylic acids is 3. The Bertz CT molecular complexity index is 1540. The largest absolute Gasteiger partial charge is 0.545 e. The molecule has 0 fully saturated rings. The highest BCUT2D eigenvalue weighted by molar-refractivity contribution is 5.70. The van der Waals surface area contributed by atoms with Gasteiger partial charge in [-0.3, -0.25) is 9.59 Å². The van der Waals surface area contributed by atoms with Crippen molar-refractivity contribution in [2.75, 3.05) is 47.5 Å². The maximum atomic E-state index is 13.0. The molecule has 9 nitrogen and oxygen atoms in total. The maximum Gasteiger partial charge on any atom is 0.306 e. The van der Waals surface area contributed by atoms with Crippen LogP contribution in [0.25, 0.3) is 0 Å². The number of quaternary nitrogens is 1. The number of carbonyl (C=O) groups is 3. The first-order valence-corrected chi connectivity index (χ1v) is 38.6. The summed E-state index contributed by atoms with van der Waals surface area (Å²) >= 11 is 0. The van der Waals surface area contributed by atoms with Crippen LogP contribution in [0.2, 0.25) is 0 Å². The normalized spacial score (nSPS) is 12.8. The number of rotatable bonds is 73. The van der Waals surface area contributed by atoms with E-state index in [0.29, 0.717) is 17.4 Å². The Morgan fingerprint density at radius 3 is 0.909 bits per heavy atom. The second kappa shape index (κ2) is 70.4. The van der Waals surface area contributed by atoms with Crippen LogP contribution in [-0.2, 0) is 33.3 Å². The van der Waals surface area contributed by atoms with E-state index >= 15 is 0 Å². The summed E-state index contributed by atoms with van der Waals surface area (Å²) in [6, 6.07) is 0. The lowest BCUT2D eigenvalue weighted by Crippen LogP contribution is -2.44. The van der Waals surface area contributed by atoms with Gasteiger partial charge in [0, 0.05) is 12.8 Å². The van der Waals surface area contributed by atoms with Crippen LogP contribution in [0, 0.1) is 0 Å². The number of aliphatic carboxylic acids is 1. The number of hydrogen-bond donors (Lipinski definition) is 0. The van der Waals surface area contributed by atoms with Crippen molar-refractivity contribution in [1.29, 1.82) is 0 Å². The van der Waals surface area contributed by atoms with E-state index in [9.17, 15) is 19.5 Å². The molecule has 0 rings (SSSR count). The highest BCUT2D eigenvalue weighted by Gasteiger charge is 2.22. The van der Waals surface area contributed by atoms with Gasteiger partial charge in [0.2, 0.25) is 0 Å². The van der Waals surface area contributed by atoms with Crippen molar-refractivity contribution in [1.82, 2.24) is 0 Å². The number of carboxylic acid groups (broad SMARTS) is 1. The summed E-state index contributed by atoms with van der Waals surface area (Å²) in [5.74, 6) is -2.25. The topological polar surface area (TPSA) is 111 Å². The lowest BCUT2D eigenvalue weighted by atomic mass is 10.0. The molecule has 9 heteroatoms. The van der Waals surface area contributed by atoms with Gasteiger partial charge in [0.25, 0.3) is 0 Å². The molecule has 0 N–H and O–H groups in total. The van der Waals surface area contributed by atoms with E-state index < -0.39 is 24.3 Å². The third-order valence-electron chi connectivity index (χ3n) is 17.6. The van der Waals surface area contributed by atoms with Gasteiger partial charge in [-0.2, -0.15) is 0 Å². The number of nitrogens with zero attached hydrogens (tertiary/aromatic N) is 1. The number of allylic oxidation sites excluding steroid dienone is 6. The van der Waals surface area contributed by atoms with Crippen molar-refractivity contribution in [3.05, 3.63) is 36.5 Å². The molecule has 0 heterocycles. The number of carboxylic acids is 1. The molecule has 0 spiro atoms. The van der Waals surface area contributed by atoms with Crippen LogP contribution in [0.4, 0.5) is 0 Å². The molecule has 0 aliphatic heterocycles. The Balaban J connectivity index is 3.96. The highest BCUT2D eigenvalue weighted by Crippen LogP contribution is 2.20. The summed E-state index contributed by atoms with van der Waals surface area (Å²) in [5, 5.41) is 11.8. The number of esters is 2. The molecule has 0 saturated heterocycles. The van der Waals surface area contributed by atoms with Crippen molar-refractivity contribution < 1.29 is 42.9 Å². The molecule has 0 aromatic carbocycles. The predicted octanol–water partition coefficient (Wildman–Crippen LogP) is 23.0. The van der Waals surface area contributed by atoms with Crippen molar-refractivity contribution in [2.24, 2.45) is 0 Å². The molecule has 0 aliphatic rings. The molecule has 88 heavy (non-hydrogen) atoms. The number of ether oxygens (including phenoxy) is 4.